The van der Waals surface area contributed by atoms with Gasteiger partial charge in [-0.2, -0.15) is 0 Å². The lowest BCUT2D eigenvalue weighted by Gasteiger charge is -2.15. The summed E-state index contributed by atoms with van der Waals surface area (Å²) < 4.78 is 4.02. The van der Waals surface area contributed by atoms with Crippen LogP contribution in [0, 0.1) is 0 Å². The number of rotatable bonds is 4. The van der Waals surface area contributed by atoms with Crippen molar-refractivity contribution in [2.75, 3.05) is 7.05 Å². The number of imidazole rings is 1. The van der Waals surface area contributed by atoms with Crippen molar-refractivity contribution in [3.63, 3.8) is 0 Å². The van der Waals surface area contributed by atoms with E-state index in [1.165, 1.54) is 0 Å². The van der Waals surface area contributed by atoms with E-state index in [9.17, 15) is 0 Å². The first-order valence-corrected chi connectivity index (χ1v) is 5.23. The summed E-state index contributed by atoms with van der Waals surface area (Å²) in [5.41, 5.74) is 1.14. The Morgan fingerprint density at radius 2 is 2.25 bits per heavy atom. The Bertz CT molecular complexity index is 457. The monoisotopic (exact) mass is 220 g/mol. The molecule has 1 unspecified atom stereocenters. The highest BCUT2D eigenvalue weighted by Gasteiger charge is 2.15. The summed E-state index contributed by atoms with van der Waals surface area (Å²) in [6.07, 6.45) is 5.40. The first kappa shape index (κ1) is 10.8. The average molecular weight is 220 g/mol. The molecule has 0 aromatic carbocycles. The van der Waals surface area contributed by atoms with Crippen LogP contribution in [0.3, 0.4) is 0 Å². The first-order chi connectivity index (χ1) is 7.74. The third-order valence-corrected chi connectivity index (χ3v) is 2.64. The van der Waals surface area contributed by atoms with Crippen molar-refractivity contribution < 1.29 is 0 Å². The third-order valence-electron chi connectivity index (χ3n) is 2.64. The van der Waals surface area contributed by atoms with E-state index in [-0.39, 0.29) is 6.04 Å². The number of nitrogens with one attached hydrogen (secondary N) is 1. The van der Waals surface area contributed by atoms with E-state index in [1.807, 2.05) is 31.2 Å². The maximum atomic E-state index is 4.17. The summed E-state index contributed by atoms with van der Waals surface area (Å²) in [6.45, 7) is 2.88. The second-order valence-corrected chi connectivity index (χ2v) is 3.80. The van der Waals surface area contributed by atoms with E-state index in [2.05, 4.69) is 32.0 Å². The predicted molar refractivity (Wildman–Crippen MR) is 59.8 cm³/mol. The van der Waals surface area contributed by atoms with Gasteiger partial charge in [-0.1, -0.05) is 0 Å². The Labute approximate surface area is 94.3 Å². The minimum absolute atomic E-state index is 0.137. The van der Waals surface area contributed by atoms with Crippen LogP contribution in [-0.4, -0.2) is 31.4 Å². The van der Waals surface area contributed by atoms with Crippen LogP contribution < -0.4 is 5.32 Å². The molecule has 16 heavy (non-hydrogen) atoms. The molecule has 0 spiro atoms. The molecule has 1 N–H and O–H groups in total. The average Bonchev–Trinajstić information content (AvgIpc) is 2.87. The van der Waals surface area contributed by atoms with Gasteiger partial charge in [0.1, 0.15) is 6.33 Å². The van der Waals surface area contributed by atoms with Crippen LogP contribution in [0.4, 0.5) is 0 Å². The van der Waals surface area contributed by atoms with Gasteiger partial charge in [0.2, 0.25) is 0 Å². The molecule has 0 aliphatic carbocycles. The van der Waals surface area contributed by atoms with E-state index in [0.717, 1.165) is 18.1 Å². The van der Waals surface area contributed by atoms with Crippen LogP contribution in [0.15, 0.2) is 18.9 Å². The fraction of sp³-hybridized carbons (Fsp3) is 0.500. The number of aromatic nitrogens is 5. The summed E-state index contributed by atoms with van der Waals surface area (Å²) in [6, 6.07) is 0.137. The predicted octanol–water partition coefficient (Wildman–Crippen LogP) is 0.340. The molecule has 2 aromatic rings. The fourth-order valence-electron chi connectivity index (χ4n) is 1.79. The maximum absolute atomic E-state index is 4.17. The fourth-order valence-corrected chi connectivity index (χ4v) is 1.79. The van der Waals surface area contributed by atoms with E-state index < -0.39 is 0 Å². The highest BCUT2D eigenvalue weighted by molar-refractivity contribution is 5.05. The Morgan fingerprint density at radius 3 is 2.88 bits per heavy atom. The largest absolute Gasteiger partial charge is 0.323 e. The lowest BCUT2D eigenvalue weighted by molar-refractivity contribution is 0.545. The van der Waals surface area contributed by atoms with E-state index in [4.69, 9.17) is 0 Å². The summed E-state index contributed by atoms with van der Waals surface area (Å²) in [7, 11) is 3.87. The molecule has 1 atom stereocenters. The SMILES string of the molecule is CNCc1cncn1C(C)c1nncn1C. The molecule has 0 aliphatic heterocycles. The number of nitrogens with zero attached hydrogens (tertiary/aromatic N) is 5. The summed E-state index contributed by atoms with van der Waals surface area (Å²) in [4.78, 5) is 4.17. The highest BCUT2D eigenvalue weighted by Crippen LogP contribution is 2.16. The van der Waals surface area contributed by atoms with E-state index in [0.29, 0.717) is 0 Å². The molecule has 0 aliphatic rings. The Hall–Kier alpha value is -1.69. The topological polar surface area (TPSA) is 60.6 Å². The van der Waals surface area contributed by atoms with Crippen molar-refractivity contribution >= 4 is 0 Å². The van der Waals surface area contributed by atoms with Crippen LogP contribution >= 0.6 is 0 Å². The second kappa shape index (κ2) is 4.44. The Kier molecular flexibility index (Phi) is 3.00. The third kappa shape index (κ3) is 1.83. The van der Waals surface area contributed by atoms with Gasteiger partial charge >= 0.3 is 0 Å². The maximum Gasteiger partial charge on any atom is 0.155 e. The number of hydrogen-bond acceptors (Lipinski definition) is 4. The molecular formula is C10H16N6. The molecule has 2 rings (SSSR count). The van der Waals surface area contributed by atoms with Gasteiger partial charge in [-0.3, -0.25) is 0 Å². The molecule has 2 aromatic heterocycles. The molecule has 0 saturated heterocycles. The van der Waals surface area contributed by atoms with Gasteiger partial charge in [0.25, 0.3) is 0 Å². The van der Waals surface area contributed by atoms with E-state index >= 15 is 0 Å². The van der Waals surface area contributed by atoms with E-state index in [1.54, 1.807) is 6.33 Å². The zero-order chi connectivity index (χ0) is 11.5. The van der Waals surface area contributed by atoms with Crippen LogP contribution in [0.25, 0.3) is 0 Å². The molecule has 0 saturated carbocycles. The van der Waals surface area contributed by atoms with Gasteiger partial charge in [-0.25, -0.2) is 4.98 Å². The quantitative estimate of drug-likeness (QED) is 0.807. The molecule has 0 bridgehead atoms. The standard InChI is InChI=1S/C10H16N6/c1-8(10-14-13-7-15(10)3)16-6-12-5-9(16)4-11-2/h5-8,11H,4H2,1-3H3. The Morgan fingerprint density at radius 1 is 1.44 bits per heavy atom. The molecule has 2 heterocycles. The zero-order valence-electron chi connectivity index (χ0n) is 9.75. The second-order valence-electron chi connectivity index (χ2n) is 3.80. The minimum Gasteiger partial charge on any atom is -0.323 e. The smallest absolute Gasteiger partial charge is 0.155 e. The number of hydrogen-bond donors (Lipinski definition) is 1. The van der Waals surface area contributed by atoms with Crippen LogP contribution in [0.1, 0.15) is 24.5 Å². The van der Waals surface area contributed by atoms with Crippen molar-refractivity contribution in [2.45, 2.75) is 19.5 Å². The lowest BCUT2D eigenvalue weighted by Crippen LogP contribution is -2.16. The van der Waals surface area contributed by atoms with Crippen LogP contribution in [0.5, 0.6) is 0 Å². The normalized spacial score (nSPS) is 12.9. The summed E-state index contributed by atoms with van der Waals surface area (Å²) in [5.74, 6) is 0.926. The van der Waals surface area contributed by atoms with Crippen LogP contribution in [-0.2, 0) is 13.6 Å². The van der Waals surface area contributed by atoms with Gasteiger partial charge in [0, 0.05) is 19.8 Å². The molecule has 0 amide bonds. The van der Waals surface area contributed by atoms with Crippen molar-refractivity contribution in [3.05, 3.63) is 30.4 Å². The minimum atomic E-state index is 0.137. The molecule has 0 fully saturated rings. The van der Waals surface area contributed by atoms with Crippen LogP contribution in [0.2, 0.25) is 0 Å². The lowest BCUT2D eigenvalue weighted by atomic mass is 10.3. The first-order valence-electron chi connectivity index (χ1n) is 5.23. The van der Waals surface area contributed by atoms with Gasteiger partial charge in [-0.15, -0.1) is 10.2 Å². The van der Waals surface area contributed by atoms with Gasteiger partial charge in [0.15, 0.2) is 5.82 Å². The van der Waals surface area contributed by atoms with Crippen molar-refractivity contribution in [3.8, 4) is 0 Å². The molecule has 6 nitrogen and oxygen atoms in total. The molecule has 0 radical (unpaired) electrons. The molecule has 6 heteroatoms. The number of aryl methyl sites for hydroxylation is 1. The molecular weight excluding hydrogens is 204 g/mol. The summed E-state index contributed by atoms with van der Waals surface area (Å²) in [5, 5.41) is 11.1. The Balaban J connectivity index is 2.30. The highest BCUT2D eigenvalue weighted by atomic mass is 15.3. The van der Waals surface area contributed by atoms with Gasteiger partial charge < -0.3 is 14.5 Å². The van der Waals surface area contributed by atoms with Gasteiger partial charge in [-0.05, 0) is 14.0 Å². The van der Waals surface area contributed by atoms with Crippen molar-refractivity contribution in [2.24, 2.45) is 7.05 Å². The molecule has 86 valence electrons. The van der Waals surface area contributed by atoms with Crippen molar-refractivity contribution in [1.29, 1.82) is 0 Å². The van der Waals surface area contributed by atoms with Gasteiger partial charge in [0.05, 0.1) is 18.1 Å². The zero-order valence-corrected chi connectivity index (χ0v) is 9.75. The van der Waals surface area contributed by atoms with Crippen molar-refractivity contribution in [1.82, 2.24) is 29.6 Å². The summed E-state index contributed by atoms with van der Waals surface area (Å²) >= 11 is 0.